The lowest BCUT2D eigenvalue weighted by Gasteiger charge is -2.21. The lowest BCUT2D eigenvalue weighted by Crippen LogP contribution is -2.51. The summed E-state index contributed by atoms with van der Waals surface area (Å²) >= 11 is 0. The van der Waals surface area contributed by atoms with Gasteiger partial charge in [-0.25, -0.2) is 28.1 Å². The molecule has 1 heterocycles. The number of carbonyl (C=O) groups excluding carboxylic acids is 5. The van der Waals surface area contributed by atoms with E-state index in [0.29, 0.717) is 42.9 Å². The third-order valence-electron chi connectivity index (χ3n) is 8.30. The molecular formula is C41H43F5N4O10. The van der Waals surface area contributed by atoms with Crippen molar-refractivity contribution in [1.29, 1.82) is 0 Å². The Balaban J connectivity index is 0.000000399. The van der Waals surface area contributed by atoms with E-state index in [4.69, 9.17) is 24.7 Å². The van der Waals surface area contributed by atoms with Gasteiger partial charge >= 0.3 is 23.9 Å². The number of rotatable bonds is 19. The van der Waals surface area contributed by atoms with Gasteiger partial charge in [-0.15, -0.1) is 0 Å². The lowest BCUT2D eigenvalue weighted by atomic mass is 10.1. The highest BCUT2D eigenvalue weighted by atomic mass is 19.2. The molecule has 0 aliphatic heterocycles. The summed E-state index contributed by atoms with van der Waals surface area (Å²) in [6, 6.07) is 13.1. The van der Waals surface area contributed by atoms with E-state index in [1.165, 1.54) is 6.92 Å². The minimum Gasteiger partial charge on any atom is -0.497 e. The van der Waals surface area contributed by atoms with E-state index >= 15 is 0 Å². The van der Waals surface area contributed by atoms with Gasteiger partial charge in [0.05, 0.1) is 25.8 Å². The molecule has 19 heteroatoms. The Morgan fingerprint density at radius 1 is 0.717 bits per heavy atom. The van der Waals surface area contributed by atoms with Gasteiger partial charge in [0.15, 0.2) is 17.4 Å². The summed E-state index contributed by atoms with van der Waals surface area (Å²) in [6.45, 7) is 1.87. The maximum absolute atomic E-state index is 13.2. The highest BCUT2D eigenvalue weighted by molar-refractivity contribution is 5.91. The summed E-state index contributed by atoms with van der Waals surface area (Å²) in [5.74, 6) is -11.0. The number of hydrogen-bond donors (Lipinski definition) is 3. The normalized spacial score (nSPS) is 11.5. The van der Waals surface area contributed by atoms with Gasteiger partial charge < -0.3 is 40.1 Å². The van der Waals surface area contributed by atoms with E-state index < -0.39 is 71.0 Å². The molecule has 0 aliphatic carbocycles. The van der Waals surface area contributed by atoms with Crippen LogP contribution < -0.4 is 30.6 Å². The Labute approximate surface area is 341 Å². The number of benzene rings is 3. The molecule has 4 rings (SSSR count). The number of amides is 2. The van der Waals surface area contributed by atoms with Crippen LogP contribution in [0.25, 0.3) is 0 Å². The van der Waals surface area contributed by atoms with Crippen LogP contribution in [0, 0.1) is 29.2 Å². The summed E-state index contributed by atoms with van der Waals surface area (Å²) in [7, 11) is 3.11. The van der Waals surface area contributed by atoms with E-state index in [1.54, 1.807) is 62.8 Å². The molecule has 4 N–H and O–H groups in total. The molecule has 0 spiro atoms. The van der Waals surface area contributed by atoms with Gasteiger partial charge in [-0.3, -0.25) is 9.59 Å². The molecule has 4 aromatic rings. The number of hydrogen-bond acceptors (Lipinski definition) is 12. The number of nitrogens with zero attached hydrogens (tertiary/aromatic N) is 1. The van der Waals surface area contributed by atoms with Crippen molar-refractivity contribution in [3.8, 4) is 17.2 Å². The average molecular weight is 846 g/mol. The third-order valence-corrected chi connectivity index (χ3v) is 8.30. The van der Waals surface area contributed by atoms with Gasteiger partial charge in [-0.2, -0.15) is 13.2 Å². The zero-order valence-corrected chi connectivity index (χ0v) is 32.7. The highest BCUT2D eigenvalue weighted by Crippen LogP contribution is 2.27. The van der Waals surface area contributed by atoms with Gasteiger partial charge in [0.2, 0.25) is 23.3 Å². The molecule has 60 heavy (non-hydrogen) atoms. The maximum Gasteiger partial charge on any atom is 0.345 e. The monoisotopic (exact) mass is 845 g/mol. The summed E-state index contributed by atoms with van der Waals surface area (Å²) in [5, 5.41) is 5.15. The van der Waals surface area contributed by atoms with Crippen LogP contribution >= 0.6 is 0 Å². The first-order valence-corrected chi connectivity index (χ1v) is 18.2. The van der Waals surface area contributed by atoms with Gasteiger partial charge in [-0.1, -0.05) is 24.3 Å². The number of pyridine rings is 1. The zero-order chi connectivity index (χ0) is 44.2. The molecule has 0 saturated carbocycles. The van der Waals surface area contributed by atoms with Crippen LogP contribution in [0.5, 0.6) is 17.2 Å². The van der Waals surface area contributed by atoms with Crippen LogP contribution in [-0.2, 0) is 37.1 Å². The number of nitrogens with one attached hydrogen (secondary N) is 2. The zero-order valence-electron chi connectivity index (χ0n) is 32.7. The number of methoxy groups -OCH3 is 2. The van der Waals surface area contributed by atoms with Crippen LogP contribution in [-0.4, -0.2) is 67.6 Å². The topological polar surface area (TPSA) is 194 Å². The second-order valence-corrected chi connectivity index (χ2v) is 12.7. The largest absolute Gasteiger partial charge is 0.497 e. The van der Waals surface area contributed by atoms with Crippen molar-refractivity contribution in [2.24, 2.45) is 5.73 Å². The Morgan fingerprint density at radius 2 is 1.27 bits per heavy atom. The van der Waals surface area contributed by atoms with E-state index in [9.17, 15) is 45.9 Å². The van der Waals surface area contributed by atoms with Crippen molar-refractivity contribution in [2.75, 3.05) is 20.8 Å². The number of halogens is 5. The maximum atomic E-state index is 13.2. The Bertz CT molecular complexity index is 2030. The second-order valence-electron chi connectivity index (χ2n) is 12.7. The summed E-state index contributed by atoms with van der Waals surface area (Å²) in [4.78, 5) is 64.7. The Hall–Kier alpha value is -6.63. The minimum atomic E-state index is -1.85. The molecule has 322 valence electrons. The fraction of sp³-hybridized carbons (Fsp3) is 0.317. The van der Waals surface area contributed by atoms with E-state index in [0.717, 1.165) is 23.9 Å². The highest BCUT2D eigenvalue weighted by Gasteiger charge is 2.27. The van der Waals surface area contributed by atoms with Crippen molar-refractivity contribution in [1.82, 2.24) is 15.6 Å². The number of aromatic nitrogens is 1. The first kappa shape index (κ1) is 47.7. The Morgan fingerprint density at radius 3 is 1.77 bits per heavy atom. The molecule has 0 fully saturated rings. The Kier molecular flexibility index (Phi) is 19.4. The van der Waals surface area contributed by atoms with Gasteiger partial charge in [-0.05, 0) is 86.7 Å². The van der Waals surface area contributed by atoms with Crippen LogP contribution in [0.4, 0.5) is 26.7 Å². The van der Waals surface area contributed by atoms with Crippen molar-refractivity contribution in [3.05, 3.63) is 119 Å². The van der Waals surface area contributed by atoms with Gasteiger partial charge in [0.25, 0.3) is 0 Å². The molecule has 3 aromatic carbocycles. The standard InChI is InChI=1S/C29H39N3O8.C12H4F5NO2/c1-20(33)25(6-4-5-17-30)31-29(36)32-26(28(35)40-19-22-9-13-24(38-3)14-10-22)15-16-27(34)39-18-21-7-11-23(37-2)12-8-21;13-6-3-7(14)10(17)11(9(6)16)20-12(19)5-1-2-8(15)18-4-5/h7-14,25-26H,4-6,15-19,30H2,1-3H3,(H2,31,32,36);1-4H/i;15-1. The van der Waals surface area contributed by atoms with Crippen LogP contribution in [0.3, 0.4) is 0 Å². The average Bonchev–Trinajstić information content (AvgIpc) is 3.24. The lowest BCUT2D eigenvalue weighted by molar-refractivity contribution is -0.148. The minimum absolute atomic E-state index is 0.0263. The molecular weight excluding hydrogens is 802 g/mol. The quantitative estimate of drug-likeness (QED) is 0.0249. The predicted octanol–water partition coefficient (Wildman–Crippen LogP) is 6.02. The van der Waals surface area contributed by atoms with Crippen molar-refractivity contribution < 1.29 is 69.6 Å². The number of esters is 3. The van der Waals surface area contributed by atoms with E-state index in [-0.39, 0.29) is 43.5 Å². The number of ketones is 1. The molecule has 1 aromatic heterocycles. The van der Waals surface area contributed by atoms with E-state index in [1.807, 2.05) is 0 Å². The van der Waals surface area contributed by atoms with Crippen molar-refractivity contribution >= 4 is 29.7 Å². The van der Waals surface area contributed by atoms with Crippen LogP contribution in [0.1, 0.15) is 60.5 Å². The molecule has 0 aliphatic rings. The molecule has 0 bridgehead atoms. The third kappa shape index (κ3) is 15.6. The fourth-order valence-electron chi connectivity index (χ4n) is 4.96. The number of unbranched alkanes of at least 4 members (excludes halogenated alkanes) is 1. The van der Waals surface area contributed by atoms with E-state index in [2.05, 4.69) is 20.4 Å². The molecule has 2 atom stereocenters. The summed E-state index contributed by atoms with van der Waals surface area (Å²) in [6.07, 6.45) is 2.33. The molecule has 0 radical (unpaired) electrons. The first-order valence-electron chi connectivity index (χ1n) is 18.2. The number of carbonyl (C=O) groups is 5. The van der Waals surface area contributed by atoms with Crippen LogP contribution in [0.2, 0.25) is 0 Å². The molecule has 14 nitrogen and oxygen atoms in total. The molecule has 2 unspecified atom stereocenters. The number of ether oxygens (including phenoxy) is 5. The molecule has 0 saturated heterocycles. The van der Waals surface area contributed by atoms with Gasteiger partial charge in [0, 0.05) is 18.7 Å². The smallest absolute Gasteiger partial charge is 0.345 e. The van der Waals surface area contributed by atoms with Crippen molar-refractivity contribution in [3.63, 3.8) is 0 Å². The van der Waals surface area contributed by atoms with Crippen LogP contribution in [0.15, 0.2) is 72.9 Å². The van der Waals surface area contributed by atoms with Crippen molar-refractivity contribution in [2.45, 2.75) is 64.3 Å². The summed E-state index contributed by atoms with van der Waals surface area (Å²) in [5.41, 5.74) is 6.65. The fourth-order valence-corrected chi connectivity index (χ4v) is 4.96. The summed E-state index contributed by atoms with van der Waals surface area (Å²) < 4.78 is 90.0. The molecule has 2 amide bonds. The second kappa shape index (κ2) is 24.3. The number of Topliss-reactive ketones (excluding diaryl/α,β-unsaturated/α-hetero) is 1. The SMILES string of the molecule is COc1ccc(COC(=O)CCC(NC(=O)NC(CCCCN)C(C)=O)C(=O)OCc2ccc(OC)cc2)cc1.O=C(Oc1c(F)c(F)cc(F)c1F)c1ccc([18F])nc1. The van der Waals surface area contributed by atoms with Gasteiger partial charge in [0.1, 0.15) is 30.8 Å². The first-order chi connectivity index (χ1) is 28.6. The predicted molar refractivity (Wildman–Crippen MR) is 203 cm³/mol. The number of urea groups is 1. The number of nitrogens with two attached hydrogens (primary N) is 1.